The highest BCUT2D eigenvalue weighted by atomic mass is 19.1. The number of aromatic nitrogens is 3. The second-order valence-electron chi connectivity index (χ2n) is 6.60. The van der Waals surface area contributed by atoms with E-state index in [9.17, 15) is 4.39 Å². The number of nitrogens with zero attached hydrogens (tertiary/aromatic N) is 4. The molecule has 0 aliphatic heterocycles. The van der Waals surface area contributed by atoms with Crippen LogP contribution in [0.15, 0.2) is 41.7 Å². The molecule has 0 saturated carbocycles. The molecule has 152 valence electrons. The smallest absolute Gasteiger partial charge is 0.192 e. The summed E-state index contributed by atoms with van der Waals surface area (Å²) in [5.41, 5.74) is 1.76. The van der Waals surface area contributed by atoms with Crippen molar-refractivity contribution in [2.75, 3.05) is 20.2 Å². The molecule has 1 atom stereocenters. The maximum absolute atomic E-state index is 14.0. The number of halogens is 1. The van der Waals surface area contributed by atoms with Gasteiger partial charge in [0.1, 0.15) is 12.2 Å². The molecule has 2 rings (SSSR count). The van der Waals surface area contributed by atoms with E-state index < -0.39 is 0 Å². The predicted molar refractivity (Wildman–Crippen MR) is 109 cm³/mol. The summed E-state index contributed by atoms with van der Waals surface area (Å²) >= 11 is 0. The topological polar surface area (TPSA) is 76.4 Å². The van der Waals surface area contributed by atoms with Crippen molar-refractivity contribution in [3.05, 3.63) is 53.9 Å². The lowest BCUT2D eigenvalue weighted by Crippen LogP contribution is -2.40. The van der Waals surface area contributed by atoms with Gasteiger partial charge in [-0.15, -0.1) is 10.2 Å². The van der Waals surface area contributed by atoms with Gasteiger partial charge in [-0.3, -0.25) is 0 Å². The number of guanidine groups is 1. The van der Waals surface area contributed by atoms with E-state index in [0.29, 0.717) is 19.0 Å². The van der Waals surface area contributed by atoms with Crippen LogP contribution in [0.4, 0.5) is 4.39 Å². The molecule has 0 bridgehead atoms. The van der Waals surface area contributed by atoms with E-state index >= 15 is 0 Å². The molecular formula is C20H29FN6O. The normalized spacial score (nSPS) is 12.5. The van der Waals surface area contributed by atoms with Crippen LogP contribution in [0.3, 0.4) is 0 Å². The Morgan fingerprint density at radius 2 is 2.21 bits per heavy atom. The van der Waals surface area contributed by atoms with Crippen LogP contribution in [0.25, 0.3) is 0 Å². The van der Waals surface area contributed by atoms with Gasteiger partial charge in [-0.2, -0.15) is 0 Å². The first-order valence-corrected chi connectivity index (χ1v) is 9.34. The Morgan fingerprint density at radius 3 is 2.86 bits per heavy atom. The van der Waals surface area contributed by atoms with Crippen molar-refractivity contribution < 1.29 is 9.13 Å². The second kappa shape index (κ2) is 10.4. The van der Waals surface area contributed by atoms with Crippen molar-refractivity contribution in [3.8, 4) is 5.75 Å². The quantitative estimate of drug-likeness (QED) is 0.392. The molecule has 2 N–H and O–H groups in total. The number of aryl methyl sites for hydroxylation is 1. The molecule has 7 nitrogen and oxygen atoms in total. The van der Waals surface area contributed by atoms with E-state index in [1.807, 2.05) is 31.4 Å². The summed E-state index contributed by atoms with van der Waals surface area (Å²) in [7, 11) is 1.45. The first-order chi connectivity index (χ1) is 13.4. The number of methoxy groups -OCH3 is 1. The lowest BCUT2D eigenvalue weighted by Gasteiger charge is -2.19. The molecule has 1 unspecified atom stereocenters. The number of rotatable bonds is 9. The number of nitrogens with one attached hydrogen (secondary N) is 2. The Bertz CT molecular complexity index is 817. The number of aliphatic imine (C=N–C) groups is 1. The van der Waals surface area contributed by atoms with Crippen LogP contribution >= 0.6 is 0 Å². The first-order valence-electron chi connectivity index (χ1n) is 9.34. The van der Waals surface area contributed by atoms with Gasteiger partial charge >= 0.3 is 0 Å². The Kier molecular flexibility index (Phi) is 7.98. The fraction of sp³-hybridized carbons (Fsp3) is 0.450. The third-order valence-corrected chi connectivity index (χ3v) is 4.19. The first kappa shape index (κ1) is 21.4. The van der Waals surface area contributed by atoms with Crippen LogP contribution < -0.4 is 15.4 Å². The molecule has 2 aromatic rings. The van der Waals surface area contributed by atoms with E-state index in [2.05, 4.69) is 32.4 Å². The van der Waals surface area contributed by atoms with Gasteiger partial charge in [-0.05, 0) is 31.5 Å². The van der Waals surface area contributed by atoms with E-state index in [1.165, 1.54) is 13.2 Å². The lowest BCUT2D eigenvalue weighted by atomic mass is 10.1. The van der Waals surface area contributed by atoms with Crippen LogP contribution in [0.2, 0.25) is 0 Å². The van der Waals surface area contributed by atoms with Crippen molar-refractivity contribution in [1.29, 1.82) is 0 Å². The number of ether oxygens (including phenoxy) is 1. The van der Waals surface area contributed by atoms with E-state index in [4.69, 9.17) is 4.74 Å². The summed E-state index contributed by atoms with van der Waals surface area (Å²) in [5.74, 6) is 1.42. The van der Waals surface area contributed by atoms with Crippen molar-refractivity contribution >= 4 is 5.96 Å². The molecule has 0 spiro atoms. The Labute approximate surface area is 165 Å². The van der Waals surface area contributed by atoms with Crippen LogP contribution in [0.1, 0.15) is 38.2 Å². The van der Waals surface area contributed by atoms with Crippen LogP contribution in [0, 0.1) is 5.82 Å². The van der Waals surface area contributed by atoms with Gasteiger partial charge in [0.05, 0.1) is 19.7 Å². The third kappa shape index (κ3) is 6.07. The molecule has 1 aromatic carbocycles. The van der Waals surface area contributed by atoms with Gasteiger partial charge < -0.3 is 19.9 Å². The average Bonchev–Trinajstić information content (AvgIpc) is 3.13. The average molecular weight is 388 g/mol. The minimum atomic E-state index is -0.387. The predicted octanol–water partition coefficient (Wildman–Crippen LogP) is 2.86. The zero-order valence-corrected chi connectivity index (χ0v) is 17.0. The summed E-state index contributed by atoms with van der Waals surface area (Å²) in [6.07, 6.45) is 2.55. The molecule has 0 aliphatic carbocycles. The summed E-state index contributed by atoms with van der Waals surface area (Å²) in [4.78, 5) is 4.54. The van der Waals surface area contributed by atoms with E-state index in [1.54, 1.807) is 12.4 Å². The zero-order chi connectivity index (χ0) is 20.5. The van der Waals surface area contributed by atoms with Gasteiger partial charge in [-0.25, -0.2) is 9.38 Å². The van der Waals surface area contributed by atoms with Crippen molar-refractivity contribution in [3.63, 3.8) is 0 Å². The molecule has 0 fully saturated rings. The van der Waals surface area contributed by atoms with Crippen molar-refractivity contribution in [1.82, 2.24) is 25.4 Å². The number of benzene rings is 1. The number of hydrogen-bond acceptors (Lipinski definition) is 4. The van der Waals surface area contributed by atoms with Crippen molar-refractivity contribution in [2.24, 2.45) is 4.99 Å². The van der Waals surface area contributed by atoms with Gasteiger partial charge in [0, 0.05) is 19.5 Å². The van der Waals surface area contributed by atoms with Crippen molar-refractivity contribution in [2.45, 2.75) is 39.8 Å². The Morgan fingerprint density at radius 1 is 1.43 bits per heavy atom. The lowest BCUT2D eigenvalue weighted by molar-refractivity contribution is 0.386. The Balaban J connectivity index is 2.02. The van der Waals surface area contributed by atoms with Crippen LogP contribution in [0.5, 0.6) is 5.75 Å². The third-order valence-electron chi connectivity index (χ3n) is 4.19. The largest absolute Gasteiger partial charge is 0.494 e. The molecule has 0 aliphatic rings. The summed E-state index contributed by atoms with van der Waals surface area (Å²) in [5, 5.41) is 14.6. The molecule has 0 saturated heterocycles. The van der Waals surface area contributed by atoms with Crippen LogP contribution in [-0.4, -0.2) is 40.9 Å². The highest BCUT2D eigenvalue weighted by molar-refractivity contribution is 5.80. The summed E-state index contributed by atoms with van der Waals surface area (Å²) in [6.45, 7) is 11.7. The van der Waals surface area contributed by atoms with Gasteiger partial charge in [0.25, 0.3) is 0 Å². The summed E-state index contributed by atoms with van der Waals surface area (Å²) < 4.78 is 21.0. The highest BCUT2D eigenvalue weighted by Crippen LogP contribution is 2.21. The maximum Gasteiger partial charge on any atom is 0.192 e. The van der Waals surface area contributed by atoms with Gasteiger partial charge in [-0.1, -0.05) is 25.1 Å². The zero-order valence-electron chi connectivity index (χ0n) is 17.0. The molecule has 0 amide bonds. The standard InChI is InChI=1S/C20H29FN6O/c1-6-19-26-24-13-27(19)10-9-22-20(23-12-14(2)3)25-15(4)16-7-8-18(28-5)17(21)11-16/h7-8,11,13,15H,2,6,9-10,12H2,1,3-5H3,(H2,22,23,25). The molecular weight excluding hydrogens is 359 g/mol. The maximum atomic E-state index is 14.0. The molecule has 1 heterocycles. The molecule has 1 aromatic heterocycles. The Hall–Kier alpha value is -2.90. The SMILES string of the molecule is C=C(C)CN=C(NCCn1cnnc1CC)NC(C)c1ccc(OC)c(F)c1. The monoisotopic (exact) mass is 388 g/mol. The second-order valence-corrected chi connectivity index (χ2v) is 6.60. The van der Waals surface area contributed by atoms with Gasteiger partial charge in [0.15, 0.2) is 17.5 Å². The minimum absolute atomic E-state index is 0.141. The van der Waals surface area contributed by atoms with E-state index in [0.717, 1.165) is 29.9 Å². The number of hydrogen-bond donors (Lipinski definition) is 2. The summed E-state index contributed by atoms with van der Waals surface area (Å²) in [6, 6.07) is 4.79. The fourth-order valence-corrected chi connectivity index (χ4v) is 2.64. The van der Waals surface area contributed by atoms with E-state index in [-0.39, 0.29) is 17.6 Å². The fourth-order valence-electron chi connectivity index (χ4n) is 2.64. The molecule has 8 heteroatoms. The highest BCUT2D eigenvalue weighted by Gasteiger charge is 2.12. The molecule has 0 radical (unpaired) electrons. The van der Waals surface area contributed by atoms with Gasteiger partial charge in [0.2, 0.25) is 0 Å². The minimum Gasteiger partial charge on any atom is -0.494 e. The molecule has 28 heavy (non-hydrogen) atoms. The van der Waals surface area contributed by atoms with Crippen LogP contribution in [-0.2, 0) is 13.0 Å².